The molecular formula is C16H22N4O2S3. The lowest BCUT2D eigenvalue weighted by molar-refractivity contribution is 0.264. The van der Waals surface area contributed by atoms with E-state index >= 15 is 0 Å². The number of benzene rings is 1. The summed E-state index contributed by atoms with van der Waals surface area (Å²) in [7, 11) is -3.66. The van der Waals surface area contributed by atoms with Gasteiger partial charge in [0, 0.05) is 32.7 Å². The van der Waals surface area contributed by atoms with Crippen LogP contribution in [0.4, 0.5) is 0 Å². The summed E-state index contributed by atoms with van der Waals surface area (Å²) in [6, 6.07) is 8.26. The van der Waals surface area contributed by atoms with Crippen molar-refractivity contribution in [2.45, 2.75) is 11.3 Å². The molecule has 9 heteroatoms. The highest BCUT2D eigenvalue weighted by molar-refractivity contribution is 7.98. The molecule has 0 amide bonds. The van der Waals surface area contributed by atoms with Crippen molar-refractivity contribution < 1.29 is 8.42 Å². The molecule has 2 rings (SSSR count). The lowest BCUT2D eigenvalue weighted by Gasteiger charge is -2.35. The molecule has 1 N–H and O–H groups in total. The minimum Gasteiger partial charge on any atom is -0.363 e. The quantitative estimate of drug-likeness (QED) is 0.575. The molecule has 1 aromatic carbocycles. The Labute approximate surface area is 159 Å². The summed E-state index contributed by atoms with van der Waals surface area (Å²) in [5.41, 5.74) is 0.177. The van der Waals surface area contributed by atoms with Gasteiger partial charge in [-0.05, 0) is 42.8 Å². The number of sulfonamides is 1. The van der Waals surface area contributed by atoms with Gasteiger partial charge < -0.3 is 10.2 Å². The largest absolute Gasteiger partial charge is 0.363 e. The van der Waals surface area contributed by atoms with Crippen molar-refractivity contribution in [3.63, 3.8) is 0 Å². The molecule has 0 radical (unpaired) electrons. The van der Waals surface area contributed by atoms with Gasteiger partial charge in [-0.3, -0.25) is 0 Å². The van der Waals surface area contributed by atoms with Crippen LogP contribution < -0.4 is 5.32 Å². The van der Waals surface area contributed by atoms with E-state index in [1.165, 1.54) is 16.4 Å². The van der Waals surface area contributed by atoms with Gasteiger partial charge in [-0.2, -0.15) is 21.3 Å². The monoisotopic (exact) mass is 398 g/mol. The van der Waals surface area contributed by atoms with Gasteiger partial charge in [-0.15, -0.1) is 0 Å². The Morgan fingerprint density at radius 2 is 2.00 bits per heavy atom. The number of thiocarbonyl (C=S) groups is 1. The Bertz CT molecular complexity index is 738. The number of thioether (sulfide) groups is 1. The van der Waals surface area contributed by atoms with Crippen molar-refractivity contribution in [1.82, 2.24) is 14.5 Å². The van der Waals surface area contributed by atoms with E-state index in [2.05, 4.69) is 11.6 Å². The minimum absolute atomic E-state index is 0.0729. The predicted molar refractivity (Wildman–Crippen MR) is 105 cm³/mol. The Balaban J connectivity index is 1.95. The van der Waals surface area contributed by atoms with Crippen molar-refractivity contribution in [2.75, 3.05) is 44.7 Å². The van der Waals surface area contributed by atoms with Crippen LogP contribution >= 0.6 is 24.0 Å². The molecule has 6 nitrogen and oxygen atoms in total. The minimum atomic E-state index is -3.66. The topological polar surface area (TPSA) is 76.4 Å². The lowest BCUT2D eigenvalue weighted by Crippen LogP contribution is -2.53. The maximum Gasteiger partial charge on any atom is 0.244 e. The van der Waals surface area contributed by atoms with E-state index in [-0.39, 0.29) is 10.5 Å². The molecule has 0 bridgehead atoms. The fourth-order valence-electron chi connectivity index (χ4n) is 2.58. The van der Waals surface area contributed by atoms with E-state index in [1.54, 1.807) is 23.9 Å². The molecular weight excluding hydrogens is 376 g/mol. The summed E-state index contributed by atoms with van der Waals surface area (Å²) in [4.78, 5) is 2.07. The maximum atomic E-state index is 12.8. The smallest absolute Gasteiger partial charge is 0.244 e. The van der Waals surface area contributed by atoms with E-state index in [0.717, 1.165) is 18.7 Å². The van der Waals surface area contributed by atoms with Crippen LogP contribution in [0.25, 0.3) is 0 Å². The first-order chi connectivity index (χ1) is 12.0. The number of rotatable bonds is 6. The van der Waals surface area contributed by atoms with Crippen LogP contribution in [0.2, 0.25) is 0 Å². The molecule has 0 unspecified atom stereocenters. The third-order valence-electron chi connectivity index (χ3n) is 3.95. The van der Waals surface area contributed by atoms with Gasteiger partial charge in [0.05, 0.1) is 10.5 Å². The van der Waals surface area contributed by atoms with Crippen LogP contribution in [0.1, 0.15) is 12.0 Å². The number of piperazine rings is 1. The first-order valence-electron chi connectivity index (χ1n) is 8.01. The van der Waals surface area contributed by atoms with Crippen LogP contribution in [0, 0.1) is 11.3 Å². The Morgan fingerprint density at radius 3 is 2.64 bits per heavy atom. The summed E-state index contributed by atoms with van der Waals surface area (Å²) in [6.07, 6.45) is 3.11. The molecule has 0 aliphatic carbocycles. The third-order valence-corrected chi connectivity index (χ3v) is 7.01. The van der Waals surface area contributed by atoms with Gasteiger partial charge in [-0.25, -0.2) is 8.42 Å². The molecule has 1 aliphatic heterocycles. The third kappa shape index (κ3) is 5.07. The standard InChI is InChI=1S/C16H22N4O2S3/c1-24-12-4-7-18-16(23)19-8-10-20(11-9-19)25(21,22)15-6-3-2-5-14(15)13-17/h2-3,5-6H,4,7-12H2,1H3,(H,18,23). The van der Waals surface area contributed by atoms with E-state index in [1.807, 2.05) is 11.0 Å². The van der Waals surface area contributed by atoms with Gasteiger partial charge in [0.25, 0.3) is 0 Å². The highest BCUT2D eigenvalue weighted by Crippen LogP contribution is 2.21. The number of hydrogen-bond acceptors (Lipinski definition) is 5. The summed E-state index contributed by atoms with van der Waals surface area (Å²) in [5.74, 6) is 1.08. The molecule has 1 aliphatic rings. The van der Waals surface area contributed by atoms with Gasteiger partial charge >= 0.3 is 0 Å². The highest BCUT2D eigenvalue weighted by Gasteiger charge is 2.30. The highest BCUT2D eigenvalue weighted by atomic mass is 32.2. The normalized spacial score (nSPS) is 15.6. The second kappa shape index (κ2) is 9.38. The van der Waals surface area contributed by atoms with Crippen LogP contribution in [-0.2, 0) is 10.0 Å². The molecule has 1 heterocycles. The zero-order valence-electron chi connectivity index (χ0n) is 14.1. The molecule has 136 valence electrons. The summed E-state index contributed by atoms with van der Waals surface area (Å²) < 4.78 is 27.0. The Morgan fingerprint density at radius 1 is 1.32 bits per heavy atom. The Kier molecular flexibility index (Phi) is 7.50. The van der Waals surface area contributed by atoms with Gasteiger partial charge in [0.1, 0.15) is 6.07 Å². The fraction of sp³-hybridized carbons (Fsp3) is 0.500. The maximum absolute atomic E-state index is 12.8. The van der Waals surface area contributed by atoms with Crippen LogP contribution in [0.15, 0.2) is 29.2 Å². The molecule has 1 fully saturated rings. The fourth-order valence-corrected chi connectivity index (χ4v) is 4.86. The van der Waals surface area contributed by atoms with Gasteiger partial charge in [-0.1, -0.05) is 12.1 Å². The molecule has 1 aromatic rings. The predicted octanol–water partition coefficient (Wildman–Crippen LogP) is 1.49. The lowest BCUT2D eigenvalue weighted by atomic mass is 10.2. The van der Waals surface area contributed by atoms with E-state index in [0.29, 0.717) is 31.3 Å². The van der Waals surface area contributed by atoms with E-state index in [4.69, 9.17) is 17.5 Å². The number of nitrogens with one attached hydrogen (secondary N) is 1. The first-order valence-corrected chi connectivity index (χ1v) is 11.3. The Hall–Kier alpha value is -1.34. The van der Waals surface area contributed by atoms with Crippen LogP contribution in [0.5, 0.6) is 0 Å². The molecule has 0 spiro atoms. The number of nitriles is 1. The van der Waals surface area contributed by atoms with Crippen molar-refractivity contribution in [1.29, 1.82) is 5.26 Å². The summed E-state index contributed by atoms with van der Waals surface area (Å²) in [5, 5.41) is 13.0. The van der Waals surface area contributed by atoms with Crippen LogP contribution in [0.3, 0.4) is 0 Å². The number of nitrogens with zero attached hydrogens (tertiary/aromatic N) is 3. The molecule has 25 heavy (non-hydrogen) atoms. The van der Waals surface area contributed by atoms with Gasteiger partial charge in [0.2, 0.25) is 10.0 Å². The van der Waals surface area contributed by atoms with E-state index < -0.39 is 10.0 Å². The molecule has 0 saturated carbocycles. The second-order valence-electron chi connectivity index (χ2n) is 5.58. The average Bonchev–Trinajstić information content (AvgIpc) is 2.65. The molecule has 0 atom stereocenters. The second-order valence-corrected chi connectivity index (χ2v) is 8.86. The van der Waals surface area contributed by atoms with Gasteiger partial charge in [0.15, 0.2) is 5.11 Å². The summed E-state index contributed by atoms with van der Waals surface area (Å²) >= 11 is 7.19. The zero-order chi connectivity index (χ0) is 18.3. The van der Waals surface area contributed by atoms with Crippen molar-refractivity contribution in [3.8, 4) is 6.07 Å². The first kappa shape index (κ1) is 20.0. The molecule has 0 aromatic heterocycles. The molecule has 1 saturated heterocycles. The van der Waals surface area contributed by atoms with Crippen molar-refractivity contribution >= 4 is 39.1 Å². The van der Waals surface area contributed by atoms with Crippen molar-refractivity contribution in [2.24, 2.45) is 0 Å². The zero-order valence-corrected chi connectivity index (χ0v) is 16.6. The average molecular weight is 399 g/mol. The SMILES string of the molecule is CSCCCNC(=S)N1CCN(S(=O)(=O)c2ccccc2C#N)CC1. The number of hydrogen-bond donors (Lipinski definition) is 1. The summed E-state index contributed by atoms with van der Waals surface area (Å²) in [6.45, 7) is 2.63. The van der Waals surface area contributed by atoms with Crippen LogP contribution in [-0.4, -0.2) is 67.5 Å². The van der Waals surface area contributed by atoms with E-state index in [9.17, 15) is 8.42 Å². The van der Waals surface area contributed by atoms with Crippen molar-refractivity contribution in [3.05, 3.63) is 29.8 Å².